The van der Waals surface area contributed by atoms with Gasteiger partial charge in [0.15, 0.2) is 0 Å². The van der Waals surface area contributed by atoms with Crippen LogP contribution in [-0.4, -0.2) is 22.2 Å². The molecule has 0 spiro atoms. The average Bonchev–Trinajstić information content (AvgIpc) is 2.31. The summed E-state index contributed by atoms with van der Waals surface area (Å²) in [7, 11) is 0. The van der Waals surface area contributed by atoms with E-state index in [9.17, 15) is 19.3 Å². The molecule has 96 valence electrons. The fourth-order valence-corrected chi connectivity index (χ4v) is 2.48. The maximum atomic E-state index is 13.3. The van der Waals surface area contributed by atoms with Gasteiger partial charge in [-0.25, -0.2) is 4.39 Å². The van der Waals surface area contributed by atoms with Crippen LogP contribution < -0.4 is 4.90 Å². The normalized spacial score (nSPS) is 20.0. The first-order valence-electron chi connectivity index (χ1n) is 5.39. The summed E-state index contributed by atoms with van der Waals surface area (Å²) >= 11 is 3.24. The van der Waals surface area contributed by atoms with Crippen molar-refractivity contribution >= 4 is 33.2 Å². The van der Waals surface area contributed by atoms with Crippen LogP contribution in [0, 0.1) is 15.9 Å². The molecule has 18 heavy (non-hydrogen) atoms. The Labute approximate surface area is 111 Å². The predicted octanol–water partition coefficient (Wildman–Crippen LogP) is 2.62. The quantitative estimate of drug-likeness (QED) is 0.478. The van der Waals surface area contributed by atoms with Crippen LogP contribution in [0.3, 0.4) is 0 Å². The van der Waals surface area contributed by atoms with Crippen LogP contribution >= 0.6 is 15.9 Å². The van der Waals surface area contributed by atoms with Crippen molar-refractivity contribution in [1.29, 1.82) is 0 Å². The monoisotopic (exact) mass is 316 g/mol. The number of nitro groups is 1. The third-order valence-electron chi connectivity index (χ3n) is 2.76. The van der Waals surface area contributed by atoms with E-state index >= 15 is 0 Å². The maximum Gasteiger partial charge on any atom is 0.274 e. The molecule has 2 rings (SSSR count). The first kappa shape index (κ1) is 12.9. The highest BCUT2D eigenvalue weighted by atomic mass is 79.9. The molecule has 1 fully saturated rings. The first-order chi connectivity index (χ1) is 8.49. The molecule has 1 atom stereocenters. The number of alkyl halides is 1. The van der Waals surface area contributed by atoms with E-state index in [0.29, 0.717) is 13.0 Å². The van der Waals surface area contributed by atoms with Gasteiger partial charge in [-0.1, -0.05) is 15.9 Å². The van der Waals surface area contributed by atoms with Crippen LogP contribution in [0.2, 0.25) is 0 Å². The highest BCUT2D eigenvalue weighted by molar-refractivity contribution is 9.10. The van der Waals surface area contributed by atoms with Crippen molar-refractivity contribution in [3.05, 3.63) is 34.1 Å². The number of rotatable bonds is 2. The summed E-state index contributed by atoms with van der Waals surface area (Å²) in [6.07, 6.45) is 1.48. The van der Waals surface area contributed by atoms with Gasteiger partial charge in [0, 0.05) is 12.6 Å². The van der Waals surface area contributed by atoms with Crippen LogP contribution in [0.25, 0.3) is 0 Å². The zero-order valence-electron chi connectivity index (χ0n) is 9.31. The number of benzene rings is 1. The van der Waals surface area contributed by atoms with Gasteiger partial charge in [0.05, 0.1) is 21.5 Å². The Kier molecular flexibility index (Phi) is 3.60. The summed E-state index contributed by atoms with van der Waals surface area (Å²) in [5, 5.41) is 10.7. The van der Waals surface area contributed by atoms with Gasteiger partial charge in [-0.2, -0.15) is 0 Å². The summed E-state index contributed by atoms with van der Waals surface area (Å²) in [6, 6.07) is 3.19. The van der Waals surface area contributed by atoms with Crippen molar-refractivity contribution in [1.82, 2.24) is 0 Å². The van der Waals surface area contributed by atoms with E-state index in [4.69, 9.17) is 0 Å². The molecule has 1 aliphatic rings. The number of non-ortho nitro benzene ring substituents is 1. The lowest BCUT2D eigenvalue weighted by Crippen LogP contribution is -2.41. The molecule has 1 heterocycles. The van der Waals surface area contributed by atoms with E-state index in [1.165, 1.54) is 11.0 Å². The predicted molar refractivity (Wildman–Crippen MR) is 67.4 cm³/mol. The summed E-state index contributed by atoms with van der Waals surface area (Å²) in [5.74, 6) is -0.912. The molecule has 0 N–H and O–H groups in total. The Bertz CT molecular complexity index is 509. The highest BCUT2D eigenvalue weighted by Crippen LogP contribution is 2.28. The molecule has 0 bridgehead atoms. The van der Waals surface area contributed by atoms with E-state index in [1.54, 1.807) is 0 Å². The van der Waals surface area contributed by atoms with Crippen LogP contribution in [0.4, 0.5) is 15.8 Å². The summed E-state index contributed by atoms with van der Waals surface area (Å²) < 4.78 is 13.3. The lowest BCUT2D eigenvalue weighted by molar-refractivity contribution is -0.385. The van der Waals surface area contributed by atoms with Crippen molar-refractivity contribution in [3.63, 3.8) is 0 Å². The van der Waals surface area contributed by atoms with E-state index in [1.807, 2.05) is 0 Å². The lowest BCUT2D eigenvalue weighted by atomic mass is 10.1. The number of nitrogens with zero attached hydrogens (tertiary/aromatic N) is 2. The average molecular weight is 317 g/mol. The van der Waals surface area contributed by atoms with E-state index in [2.05, 4.69) is 15.9 Å². The molecule has 0 aliphatic carbocycles. The Balaban J connectivity index is 2.38. The lowest BCUT2D eigenvalue weighted by Gasteiger charge is -2.29. The van der Waals surface area contributed by atoms with Gasteiger partial charge in [-0.3, -0.25) is 14.9 Å². The Morgan fingerprint density at radius 2 is 2.17 bits per heavy atom. The molecule has 7 heteroatoms. The van der Waals surface area contributed by atoms with Crippen molar-refractivity contribution in [2.75, 3.05) is 11.4 Å². The van der Waals surface area contributed by atoms with E-state index < -0.39 is 10.7 Å². The third-order valence-corrected chi connectivity index (χ3v) is 3.61. The van der Waals surface area contributed by atoms with E-state index in [0.717, 1.165) is 18.6 Å². The van der Waals surface area contributed by atoms with Crippen molar-refractivity contribution in [2.45, 2.75) is 17.7 Å². The number of amides is 1. The van der Waals surface area contributed by atoms with Gasteiger partial charge in [0.1, 0.15) is 5.82 Å². The first-order valence-corrected chi connectivity index (χ1v) is 6.31. The summed E-state index contributed by atoms with van der Waals surface area (Å²) in [5.41, 5.74) is -0.120. The fraction of sp³-hybridized carbons (Fsp3) is 0.364. The van der Waals surface area contributed by atoms with Crippen molar-refractivity contribution in [3.8, 4) is 0 Å². The number of nitro benzene ring substituents is 1. The molecule has 0 radical (unpaired) electrons. The molecule has 1 aromatic carbocycles. The minimum atomic E-state index is -0.719. The molecular formula is C11H10BrFN2O3. The molecule has 1 aliphatic heterocycles. The van der Waals surface area contributed by atoms with Crippen LogP contribution in [0.5, 0.6) is 0 Å². The van der Waals surface area contributed by atoms with Crippen LogP contribution in [0.1, 0.15) is 12.8 Å². The molecule has 0 saturated carbocycles. The SMILES string of the molecule is O=C1C(Br)CCCN1c1cc(F)cc([N+](=O)[O-])c1. The van der Waals surface area contributed by atoms with Gasteiger partial charge >= 0.3 is 0 Å². The van der Waals surface area contributed by atoms with Gasteiger partial charge in [-0.15, -0.1) is 0 Å². The molecular weight excluding hydrogens is 307 g/mol. The summed E-state index contributed by atoms with van der Waals surface area (Å²) in [6.45, 7) is 0.446. The zero-order valence-corrected chi connectivity index (χ0v) is 10.9. The van der Waals surface area contributed by atoms with Gasteiger partial charge < -0.3 is 4.90 Å². The second-order valence-corrected chi connectivity index (χ2v) is 5.13. The minimum absolute atomic E-state index is 0.193. The van der Waals surface area contributed by atoms with Crippen molar-refractivity contribution in [2.24, 2.45) is 0 Å². The zero-order chi connectivity index (χ0) is 13.3. The Morgan fingerprint density at radius 3 is 2.83 bits per heavy atom. The minimum Gasteiger partial charge on any atom is -0.311 e. The van der Waals surface area contributed by atoms with Gasteiger partial charge in [0.2, 0.25) is 5.91 Å². The highest BCUT2D eigenvalue weighted by Gasteiger charge is 2.28. The van der Waals surface area contributed by atoms with E-state index in [-0.39, 0.29) is 22.1 Å². The third kappa shape index (κ3) is 2.50. The Morgan fingerprint density at radius 1 is 1.44 bits per heavy atom. The number of anilines is 1. The fourth-order valence-electron chi connectivity index (χ4n) is 1.91. The largest absolute Gasteiger partial charge is 0.311 e. The molecule has 1 saturated heterocycles. The molecule has 0 aromatic heterocycles. The Hall–Kier alpha value is -1.50. The van der Waals surface area contributed by atoms with Crippen LogP contribution in [0.15, 0.2) is 18.2 Å². The molecule has 5 nitrogen and oxygen atoms in total. The van der Waals surface area contributed by atoms with Gasteiger partial charge in [-0.05, 0) is 18.9 Å². The molecule has 1 unspecified atom stereocenters. The number of hydrogen-bond acceptors (Lipinski definition) is 3. The second-order valence-electron chi connectivity index (χ2n) is 4.02. The maximum absolute atomic E-state index is 13.3. The van der Waals surface area contributed by atoms with Crippen molar-refractivity contribution < 1.29 is 14.1 Å². The van der Waals surface area contributed by atoms with Crippen LogP contribution in [-0.2, 0) is 4.79 Å². The number of piperidine rings is 1. The smallest absolute Gasteiger partial charge is 0.274 e. The number of carbonyl (C=O) groups is 1. The molecule has 1 amide bonds. The second kappa shape index (κ2) is 5.01. The van der Waals surface area contributed by atoms with Gasteiger partial charge in [0.25, 0.3) is 5.69 Å². The number of carbonyl (C=O) groups excluding carboxylic acids is 1. The summed E-state index contributed by atoms with van der Waals surface area (Å²) in [4.78, 5) is 23.0. The number of hydrogen-bond donors (Lipinski definition) is 0. The topological polar surface area (TPSA) is 63.5 Å². The number of halogens is 2. The molecule has 1 aromatic rings. The standard InChI is InChI=1S/C11H10BrFN2O3/c12-10-2-1-3-14(11(10)16)8-4-7(13)5-9(6-8)15(17)18/h4-6,10H,1-3H2.